The van der Waals surface area contributed by atoms with Crippen LogP contribution in [0.5, 0.6) is 0 Å². The number of benzene rings is 2. The molecule has 0 bridgehead atoms. The Morgan fingerprint density at radius 1 is 1.03 bits per heavy atom. The fraction of sp³-hybridized carbons (Fsp3) is 0.370. The molecule has 7 nitrogen and oxygen atoms in total. The van der Waals surface area contributed by atoms with Gasteiger partial charge in [-0.15, -0.1) is 0 Å². The van der Waals surface area contributed by atoms with E-state index >= 15 is 0 Å². The van der Waals surface area contributed by atoms with Crippen molar-refractivity contribution < 1.29 is 23.5 Å². The Morgan fingerprint density at radius 2 is 1.76 bits per heavy atom. The normalized spacial score (nSPS) is 14.3. The molecule has 0 radical (unpaired) electrons. The fourth-order valence-electron chi connectivity index (χ4n) is 4.21. The molecule has 3 aromatic rings. The van der Waals surface area contributed by atoms with E-state index in [9.17, 15) is 14.4 Å². The number of carbonyl (C=O) groups excluding carboxylic acids is 2. The van der Waals surface area contributed by atoms with Crippen molar-refractivity contribution in [2.45, 2.75) is 58.8 Å². The molecule has 1 aliphatic rings. The lowest BCUT2D eigenvalue weighted by atomic mass is 9.99. The van der Waals surface area contributed by atoms with Gasteiger partial charge in [-0.05, 0) is 54.0 Å². The summed E-state index contributed by atoms with van der Waals surface area (Å²) in [5.41, 5.74) is 3.87. The lowest BCUT2D eigenvalue weighted by Crippen LogP contribution is -2.46. The first kappa shape index (κ1) is 23.5. The Kier molecular flexibility index (Phi) is 7.30. The smallest absolute Gasteiger partial charge is 0.408 e. The molecule has 1 N–H and O–H groups in total. The lowest BCUT2D eigenvalue weighted by Gasteiger charge is -2.22. The third kappa shape index (κ3) is 5.47. The van der Waals surface area contributed by atoms with Gasteiger partial charge in [0.1, 0.15) is 24.8 Å². The summed E-state index contributed by atoms with van der Waals surface area (Å²) in [6, 6.07) is 13.7. The summed E-state index contributed by atoms with van der Waals surface area (Å²) in [6.45, 7) is 3.80. The number of rotatable bonds is 8. The maximum Gasteiger partial charge on any atom is 0.408 e. The molecule has 1 amide bonds. The van der Waals surface area contributed by atoms with Gasteiger partial charge in [0, 0.05) is 17.0 Å². The Bertz CT molecular complexity index is 1230. The number of esters is 1. The molecule has 1 aliphatic carbocycles. The van der Waals surface area contributed by atoms with Gasteiger partial charge in [0.15, 0.2) is 0 Å². The first-order chi connectivity index (χ1) is 16.4. The zero-order valence-corrected chi connectivity index (χ0v) is 19.5. The van der Waals surface area contributed by atoms with Crippen LogP contribution in [0.3, 0.4) is 0 Å². The quantitative estimate of drug-likeness (QED) is 0.385. The molecule has 7 heteroatoms. The SMILES string of the molecule is CC[C@H](C)[C@H](NC(=O)OCc1ccccc1)C(=O)OCc1cc(=O)oc2cc3c(cc12)CCC3. The van der Waals surface area contributed by atoms with Crippen molar-refractivity contribution >= 4 is 23.0 Å². The van der Waals surface area contributed by atoms with Gasteiger partial charge >= 0.3 is 17.7 Å². The molecule has 34 heavy (non-hydrogen) atoms. The number of amides is 1. The molecule has 0 unspecified atom stereocenters. The Hall–Kier alpha value is -3.61. The predicted molar refractivity (Wildman–Crippen MR) is 127 cm³/mol. The van der Waals surface area contributed by atoms with Gasteiger partial charge < -0.3 is 19.2 Å². The fourth-order valence-corrected chi connectivity index (χ4v) is 4.21. The molecule has 2 aromatic carbocycles. The standard InChI is InChI=1S/C27H29NO6/c1-3-17(2)25(28-27(31)33-15-18-8-5-4-6-9-18)26(30)32-16-21-14-24(29)34-23-13-20-11-7-10-19(20)12-22(21)23/h4-6,8-9,12-14,17,25H,3,7,10-11,15-16H2,1-2H3,(H,28,31)/t17-,25-/m0/s1. The number of hydrogen-bond donors (Lipinski definition) is 1. The molecule has 1 aromatic heterocycles. The van der Waals surface area contributed by atoms with E-state index in [1.807, 2.05) is 56.3 Å². The van der Waals surface area contributed by atoms with Crippen molar-refractivity contribution in [3.63, 3.8) is 0 Å². The predicted octanol–water partition coefficient (Wildman–Crippen LogP) is 4.67. The van der Waals surface area contributed by atoms with Crippen LogP contribution in [0.15, 0.2) is 57.7 Å². The molecule has 178 valence electrons. The lowest BCUT2D eigenvalue weighted by molar-refractivity contribution is -0.148. The molecule has 0 spiro atoms. The van der Waals surface area contributed by atoms with Crippen molar-refractivity contribution in [1.29, 1.82) is 0 Å². The van der Waals surface area contributed by atoms with Crippen LogP contribution in [0.1, 0.15) is 48.9 Å². The summed E-state index contributed by atoms with van der Waals surface area (Å²) in [4.78, 5) is 37.4. The van der Waals surface area contributed by atoms with E-state index in [1.165, 1.54) is 17.2 Å². The Labute approximate surface area is 198 Å². The first-order valence-corrected chi connectivity index (χ1v) is 11.7. The maximum atomic E-state index is 12.9. The largest absolute Gasteiger partial charge is 0.459 e. The number of ether oxygens (including phenoxy) is 2. The van der Waals surface area contributed by atoms with Crippen LogP contribution in [-0.2, 0) is 40.3 Å². The molecule has 0 fully saturated rings. The highest BCUT2D eigenvalue weighted by molar-refractivity contribution is 5.84. The van der Waals surface area contributed by atoms with E-state index in [0.29, 0.717) is 17.6 Å². The number of carbonyl (C=O) groups is 2. The van der Waals surface area contributed by atoms with E-state index < -0.39 is 23.7 Å². The first-order valence-electron chi connectivity index (χ1n) is 11.7. The Balaban J connectivity index is 1.44. The third-order valence-electron chi connectivity index (χ3n) is 6.37. The second-order valence-corrected chi connectivity index (χ2v) is 8.74. The maximum absolute atomic E-state index is 12.9. The highest BCUT2D eigenvalue weighted by Gasteiger charge is 2.28. The van der Waals surface area contributed by atoms with Crippen LogP contribution in [0, 0.1) is 5.92 Å². The highest BCUT2D eigenvalue weighted by atomic mass is 16.6. The summed E-state index contributed by atoms with van der Waals surface area (Å²) in [5.74, 6) is -0.744. The van der Waals surface area contributed by atoms with Gasteiger partial charge in [0.05, 0.1) is 0 Å². The molecule has 0 saturated heterocycles. The zero-order valence-electron chi connectivity index (χ0n) is 19.5. The summed E-state index contributed by atoms with van der Waals surface area (Å²) >= 11 is 0. The topological polar surface area (TPSA) is 94.8 Å². The number of alkyl carbamates (subject to hydrolysis) is 1. The minimum atomic E-state index is -0.871. The molecule has 1 heterocycles. The number of hydrogen-bond acceptors (Lipinski definition) is 6. The van der Waals surface area contributed by atoms with Gasteiger partial charge in [-0.3, -0.25) is 0 Å². The van der Waals surface area contributed by atoms with Gasteiger partial charge in [0.25, 0.3) is 0 Å². The van der Waals surface area contributed by atoms with E-state index in [0.717, 1.165) is 30.2 Å². The minimum absolute atomic E-state index is 0.0899. The zero-order chi connectivity index (χ0) is 24.1. The second-order valence-electron chi connectivity index (χ2n) is 8.74. The number of aryl methyl sites for hydroxylation is 2. The molecular formula is C27H29NO6. The monoisotopic (exact) mass is 463 g/mol. The highest BCUT2D eigenvalue weighted by Crippen LogP contribution is 2.29. The van der Waals surface area contributed by atoms with Gasteiger partial charge in [-0.1, -0.05) is 50.6 Å². The van der Waals surface area contributed by atoms with Crippen molar-refractivity contribution in [3.8, 4) is 0 Å². The van der Waals surface area contributed by atoms with Crippen LogP contribution < -0.4 is 10.9 Å². The molecule has 2 atom stereocenters. The van der Waals surface area contributed by atoms with Gasteiger partial charge in [0.2, 0.25) is 0 Å². The van der Waals surface area contributed by atoms with Crippen molar-refractivity contribution in [1.82, 2.24) is 5.32 Å². The van der Waals surface area contributed by atoms with E-state index in [4.69, 9.17) is 13.9 Å². The average molecular weight is 464 g/mol. The van der Waals surface area contributed by atoms with Crippen molar-refractivity contribution in [3.05, 3.63) is 81.2 Å². The summed E-state index contributed by atoms with van der Waals surface area (Å²) in [7, 11) is 0. The van der Waals surface area contributed by atoms with Crippen molar-refractivity contribution in [2.75, 3.05) is 0 Å². The van der Waals surface area contributed by atoms with Crippen LogP contribution >= 0.6 is 0 Å². The van der Waals surface area contributed by atoms with Crippen LogP contribution in [0.4, 0.5) is 4.79 Å². The van der Waals surface area contributed by atoms with E-state index in [1.54, 1.807) is 0 Å². The Morgan fingerprint density at radius 3 is 2.50 bits per heavy atom. The molecule has 0 saturated carbocycles. The van der Waals surface area contributed by atoms with Crippen LogP contribution in [0.2, 0.25) is 0 Å². The molecule has 0 aliphatic heterocycles. The molecule has 4 rings (SSSR count). The summed E-state index contributed by atoms with van der Waals surface area (Å²) < 4.78 is 16.2. The van der Waals surface area contributed by atoms with Crippen LogP contribution in [0.25, 0.3) is 11.0 Å². The van der Waals surface area contributed by atoms with Gasteiger partial charge in [-0.25, -0.2) is 14.4 Å². The van der Waals surface area contributed by atoms with E-state index in [-0.39, 0.29) is 19.1 Å². The molecular weight excluding hydrogens is 434 g/mol. The van der Waals surface area contributed by atoms with E-state index in [2.05, 4.69) is 5.32 Å². The summed E-state index contributed by atoms with van der Waals surface area (Å²) in [6.07, 6.45) is 2.99. The van der Waals surface area contributed by atoms with Gasteiger partial charge in [-0.2, -0.15) is 0 Å². The minimum Gasteiger partial charge on any atom is -0.459 e. The number of fused-ring (bicyclic) bond motifs is 2. The van der Waals surface area contributed by atoms with Crippen LogP contribution in [-0.4, -0.2) is 18.1 Å². The van der Waals surface area contributed by atoms with Crippen molar-refractivity contribution in [2.24, 2.45) is 5.92 Å². The summed E-state index contributed by atoms with van der Waals surface area (Å²) in [5, 5.41) is 3.41. The average Bonchev–Trinajstić information content (AvgIpc) is 3.30. The second kappa shape index (κ2) is 10.5. The third-order valence-corrected chi connectivity index (χ3v) is 6.37. The number of nitrogens with one attached hydrogen (secondary N) is 1.